The summed E-state index contributed by atoms with van der Waals surface area (Å²) in [7, 11) is -4.18. The van der Waals surface area contributed by atoms with Gasteiger partial charge in [0.2, 0.25) is 11.8 Å². The largest absolute Gasteiger partial charge is 0.352 e. The summed E-state index contributed by atoms with van der Waals surface area (Å²) in [5.74, 6) is -0.855. The van der Waals surface area contributed by atoms with E-state index in [2.05, 4.69) is 5.32 Å². The van der Waals surface area contributed by atoms with Gasteiger partial charge in [0.1, 0.15) is 12.6 Å². The van der Waals surface area contributed by atoms with Crippen LogP contribution in [0.4, 0.5) is 5.69 Å². The van der Waals surface area contributed by atoms with Crippen molar-refractivity contribution in [3.8, 4) is 0 Å². The van der Waals surface area contributed by atoms with Crippen LogP contribution < -0.4 is 9.62 Å². The molecule has 1 unspecified atom stereocenters. The van der Waals surface area contributed by atoms with Crippen LogP contribution in [-0.4, -0.2) is 43.8 Å². The summed E-state index contributed by atoms with van der Waals surface area (Å²) in [6.45, 7) is 4.72. The van der Waals surface area contributed by atoms with Gasteiger partial charge in [0.05, 0.1) is 20.6 Å². The number of hydrogen-bond donors (Lipinski definition) is 1. The van der Waals surface area contributed by atoms with Gasteiger partial charge >= 0.3 is 0 Å². The van der Waals surface area contributed by atoms with Gasteiger partial charge in [-0.2, -0.15) is 0 Å². The Kier molecular flexibility index (Phi) is 10.5. The predicted molar refractivity (Wildman–Crippen MR) is 169 cm³/mol. The van der Waals surface area contributed by atoms with E-state index < -0.39 is 28.5 Å². The lowest BCUT2D eigenvalue weighted by Crippen LogP contribution is -2.52. The van der Waals surface area contributed by atoms with E-state index in [9.17, 15) is 18.0 Å². The predicted octanol–water partition coefficient (Wildman–Crippen LogP) is 6.94. The van der Waals surface area contributed by atoms with E-state index in [1.807, 2.05) is 6.92 Å². The Morgan fingerprint density at radius 1 is 0.929 bits per heavy atom. The third kappa shape index (κ3) is 7.59. The first kappa shape index (κ1) is 32.1. The number of anilines is 1. The van der Waals surface area contributed by atoms with Crippen LogP contribution in [0.1, 0.15) is 49.3 Å². The van der Waals surface area contributed by atoms with Gasteiger partial charge in [-0.3, -0.25) is 13.9 Å². The number of aryl methyl sites for hydroxylation is 2. The van der Waals surface area contributed by atoms with E-state index in [0.717, 1.165) is 35.6 Å². The Bertz CT molecular complexity index is 1560. The summed E-state index contributed by atoms with van der Waals surface area (Å²) in [5.41, 5.74) is 2.43. The van der Waals surface area contributed by atoms with Gasteiger partial charge in [-0.05, 0) is 87.2 Å². The minimum atomic E-state index is -4.18. The molecule has 3 aromatic carbocycles. The molecule has 0 spiro atoms. The monoisotopic (exact) mass is 649 g/mol. The highest BCUT2D eigenvalue weighted by molar-refractivity contribution is 7.92. The lowest BCUT2D eigenvalue weighted by molar-refractivity contribution is -0.139. The molecule has 0 heterocycles. The maximum absolute atomic E-state index is 14.1. The molecule has 1 fully saturated rings. The van der Waals surface area contributed by atoms with Crippen LogP contribution in [0.15, 0.2) is 65.6 Å². The van der Waals surface area contributed by atoms with Crippen LogP contribution in [-0.2, 0) is 26.2 Å². The van der Waals surface area contributed by atoms with Crippen molar-refractivity contribution in [2.24, 2.45) is 0 Å². The molecule has 0 aliphatic heterocycles. The lowest BCUT2D eigenvalue weighted by Gasteiger charge is -2.33. The first-order chi connectivity index (χ1) is 19.9. The van der Waals surface area contributed by atoms with Crippen molar-refractivity contribution in [3.05, 3.63) is 92.4 Å². The van der Waals surface area contributed by atoms with Crippen LogP contribution in [0.5, 0.6) is 0 Å². The van der Waals surface area contributed by atoms with E-state index in [-0.39, 0.29) is 23.4 Å². The highest BCUT2D eigenvalue weighted by Gasteiger charge is 2.34. The van der Waals surface area contributed by atoms with Crippen LogP contribution in [0.25, 0.3) is 0 Å². The van der Waals surface area contributed by atoms with Crippen LogP contribution >= 0.6 is 34.8 Å². The average Bonchev–Trinajstić information content (AvgIpc) is 3.45. The number of rotatable bonds is 10. The van der Waals surface area contributed by atoms with Gasteiger partial charge in [0, 0.05) is 17.6 Å². The molecule has 4 rings (SSSR count). The Labute approximate surface area is 262 Å². The van der Waals surface area contributed by atoms with Crippen molar-refractivity contribution >= 4 is 62.3 Å². The van der Waals surface area contributed by atoms with Crippen LogP contribution in [0, 0.1) is 13.8 Å². The van der Waals surface area contributed by atoms with Crippen molar-refractivity contribution in [1.29, 1.82) is 0 Å². The maximum atomic E-state index is 14.1. The number of amides is 2. The molecule has 3 aromatic rings. The molecule has 1 N–H and O–H groups in total. The van der Waals surface area contributed by atoms with Gasteiger partial charge in [0.25, 0.3) is 10.0 Å². The number of sulfonamides is 1. The van der Waals surface area contributed by atoms with E-state index in [1.165, 1.54) is 17.0 Å². The Balaban J connectivity index is 1.72. The fourth-order valence-electron chi connectivity index (χ4n) is 5.06. The Hall–Kier alpha value is -2.78. The van der Waals surface area contributed by atoms with Gasteiger partial charge in [0.15, 0.2) is 0 Å². The second-order valence-electron chi connectivity index (χ2n) is 10.7. The minimum Gasteiger partial charge on any atom is -0.352 e. The number of halogens is 3. The molecule has 0 radical (unpaired) electrons. The molecule has 1 saturated carbocycles. The molecule has 11 heteroatoms. The zero-order chi connectivity index (χ0) is 30.6. The van der Waals surface area contributed by atoms with E-state index in [0.29, 0.717) is 31.9 Å². The number of nitrogens with one attached hydrogen (secondary N) is 1. The second kappa shape index (κ2) is 13.7. The van der Waals surface area contributed by atoms with Crippen LogP contribution in [0.3, 0.4) is 0 Å². The summed E-state index contributed by atoms with van der Waals surface area (Å²) in [5, 5.41) is 4.16. The molecule has 2 amide bonds. The quantitative estimate of drug-likeness (QED) is 0.258. The number of carbonyl (C=O) groups is 2. The van der Waals surface area contributed by atoms with Crippen molar-refractivity contribution in [2.45, 2.75) is 70.0 Å². The average molecular weight is 651 g/mol. The molecular weight excluding hydrogens is 617 g/mol. The standard InChI is InChI=1S/C31H34Cl3N3O4S/c1-20-8-12-26(13-9-20)42(40,41)37(29-15-11-24(32)16-21(29)2)19-30(38)36(18-23-10-14-27(33)28(34)17-23)22(3)31(39)35-25-6-4-5-7-25/h8-17,22,25H,4-7,18-19H2,1-3H3,(H,35,39). The number of nitrogens with zero attached hydrogens (tertiary/aromatic N) is 2. The molecule has 1 aliphatic carbocycles. The SMILES string of the molecule is Cc1ccc(S(=O)(=O)N(CC(=O)N(Cc2ccc(Cl)c(Cl)c2)C(C)C(=O)NC2CCCC2)c2ccc(Cl)cc2C)cc1. The zero-order valence-electron chi connectivity index (χ0n) is 23.7. The molecular formula is C31H34Cl3N3O4S. The Morgan fingerprint density at radius 3 is 2.21 bits per heavy atom. The van der Waals surface area contributed by atoms with Crippen molar-refractivity contribution in [3.63, 3.8) is 0 Å². The zero-order valence-corrected chi connectivity index (χ0v) is 26.8. The van der Waals surface area contributed by atoms with Crippen molar-refractivity contribution < 1.29 is 18.0 Å². The number of carbonyl (C=O) groups excluding carboxylic acids is 2. The molecule has 224 valence electrons. The summed E-state index contributed by atoms with van der Waals surface area (Å²) >= 11 is 18.5. The van der Waals surface area contributed by atoms with Crippen molar-refractivity contribution in [1.82, 2.24) is 10.2 Å². The smallest absolute Gasteiger partial charge is 0.264 e. The first-order valence-electron chi connectivity index (χ1n) is 13.8. The molecule has 0 bridgehead atoms. The van der Waals surface area contributed by atoms with E-state index >= 15 is 0 Å². The minimum absolute atomic E-state index is 0.0208. The van der Waals surface area contributed by atoms with Gasteiger partial charge in [-0.15, -0.1) is 0 Å². The molecule has 0 saturated heterocycles. The van der Waals surface area contributed by atoms with E-state index in [1.54, 1.807) is 62.4 Å². The number of hydrogen-bond acceptors (Lipinski definition) is 4. The summed E-state index contributed by atoms with van der Waals surface area (Å²) in [6.07, 6.45) is 3.85. The van der Waals surface area contributed by atoms with E-state index in [4.69, 9.17) is 34.8 Å². The lowest BCUT2D eigenvalue weighted by atomic mass is 10.1. The second-order valence-corrected chi connectivity index (χ2v) is 13.8. The maximum Gasteiger partial charge on any atom is 0.264 e. The third-order valence-electron chi connectivity index (χ3n) is 7.52. The fourth-order valence-corrected chi connectivity index (χ4v) is 7.08. The fraction of sp³-hybridized carbons (Fsp3) is 0.355. The first-order valence-corrected chi connectivity index (χ1v) is 16.3. The highest BCUT2D eigenvalue weighted by Crippen LogP contribution is 2.30. The normalized spacial score (nSPS) is 14.4. The Morgan fingerprint density at radius 2 is 1.60 bits per heavy atom. The summed E-state index contributed by atoms with van der Waals surface area (Å²) in [4.78, 5) is 28.9. The highest BCUT2D eigenvalue weighted by atomic mass is 35.5. The molecule has 1 atom stereocenters. The van der Waals surface area contributed by atoms with Crippen LogP contribution in [0.2, 0.25) is 15.1 Å². The van der Waals surface area contributed by atoms with Gasteiger partial charge in [-0.1, -0.05) is 71.4 Å². The number of benzene rings is 3. The molecule has 0 aromatic heterocycles. The molecule has 1 aliphatic rings. The summed E-state index contributed by atoms with van der Waals surface area (Å²) < 4.78 is 29.1. The summed E-state index contributed by atoms with van der Waals surface area (Å²) in [6, 6.07) is 15.4. The molecule has 42 heavy (non-hydrogen) atoms. The van der Waals surface area contributed by atoms with Crippen molar-refractivity contribution in [2.75, 3.05) is 10.8 Å². The van der Waals surface area contributed by atoms with Gasteiger partial charge < -0.3 is 10.2 Å². The molecule has 7 nitrogen and oxygen atoms in total. The third-order valence-corrected chi connectivity index (χ3v) is 10.3. The topological polar surface area (TPSA) is 86.8 Å². The van der Waals surface area contributed by atoms with Gasteiger partial charge in [-0.25, -0.2) is 8.42 Å².